The van der Waals surface area contributed by atoms with Crippen LogP contribution in [-0.2, 0) is 24.8 Å². The monoisotopic (exact) mass is 321 g/mol. The number of hydrogen-bond donors (Lipinski definition) is 1. The van der Waals surface area contributed by atoms with E-state index in [-0.39, 0.29) is 17.6 Å². The summed E-state index contributed by atoms with van der Waals surface area (Å²) in [7, 11) is 3.73. The average molecular weight is 321 g/mol. The lowest BCUT2D eigenvalue weighted by Crippen LogP contribution is -2.43. The highest BCUT2D eigenvalue weighted by Crippen LogP contribution is 2.22. The van der Waals surface area contributed by atoms with E-state index >= 15 is 0 Å². The second-order valence-electron chi connectivity index (χ2n) is 6.92. The number of likely N-dealkylation sites (N-methyl/N-ethyl adjacent to an activating group) is 1. The van der Waals surface area contributed by atoms with Gasteiger partial charge in [-0.25, -0.2) is 9.48 Å². The van der Waals surface area contributed by atoms with Crippen molar-refractivity contribution in [3.05, 3.63) is 16.3 Å². The Bertz CT molecular complexity index is 614. The van der Waals surface area contributed by atoms with Gasteiger partial charge in [0.25, 0.3) is 0 Å². The molecule has 1 aromatic rings. The van der Waals surface area contributed by atoms with E-state index in [4.69, 9.17) is 0 Å². The van der Waals surface area contributed by atoms with Crippen LogP contribution in [-0.4, -0.2) is 50.8 Å². The molecule has 0 aromatic carbocycles. The van der Waals surface area contributed by atoms with Gasteiger partial charge in [0.15, 0.2) is 0 Å². The lowest BCUT2D eigenvalue weighted by Gasteiger charge is -2.24. The molecule has 1 N–H and O–H groups in total. The smallest absolute Gasteiger partial charge is 0.345 e. The predicted octanol–water partition coefficient (Wildman–Crippen LogP) is 0.277. The lowest BCUT2D eigenvalue weighted by atomic mass is 10.1. The molecular weight excluding hydrogens is 294 g/mol. The van der Waals surface area contributed by atoms with Crippen molar-refractivity contribution in [3.8, 4) is 0 Å². The first-order chi connectivity index (χ1) is 11.0. The summed E-state index contributed by atoms with van der Waals surface area (Å²) >= 11 is 0. The van der Waals surface area contributed by atoms with Gasteiger partial charge in [0.2, 0.25) is 5.91 Å². The van der Waals surface area contributed by atoms with Crippen LogP contribution in [0.4, 0.5) is 0 Å². The Morgan fingerprint density at radius 2 is 2.04 bits per heavy atom. The second-order valence-corrected chi connectivity index (χ2v) is 6.92. The van der Waals surface area contributed by atoms with Gasteiger partial charge in [-0.05, 0) is 32.7 Å². The second kappa shape index (κ2) is 6.86. The van der Waals surface area contributed by atoms with Crippen molar-refractivity contribution in [2.75, 3.05) is 13.6 Å². The van der Waals surface area contributed by atoms with Gasteiger partial charge in [0, 0.05) is 32.1 Å². The van der Waals surface area contributed by atoms with E-state index in [0.29, 0.717) is 19.1 Å². The van der Waals surface area contributed by atoms with Gasteiger partial charge in [-0.3, -0.25) is 14.3 Å². The van der Waals surface area contributed by atoms with E-state index in [1.165, 1.54) is 30.4 Å². The first kappa shape index (κ1) is 16.2. The summed E-state index contributed by atoms with van der Waals surface area (Å²) < 4.78 is 3.13. The van der Waals surface area contributed by atoms with Crippen LogP contribution in [0.25, 0.3) is 0 Å². The molecule has 0 spiro atoms. The molecule has 1 atom stereocenters. The zero-order valence-electron chi connectivity index (χ0n) is 14.1. The van der Waals surface area contributed by atoms with Crippen molar-refractivity contribution in [1.29, 1.82) is 0 Å². The van der Waals surface area contributed by atoms with Gasteiger partial charge in [-0.15, -0.1) is 0 Å². The maximum Gasteiger partial charge on any atom is 0.345 e. The summed E-state index contributed by atoms with van der Waals surface area (Å²) in [4.78, 5) is 26.4. The third-order valence-corrected chi connectivity index (χ3v) is 5.21. The number of hydrogen-bond acceptors (Lipinski definition) is 4. The molecule has 1 aromatic heterocycles. The molecule has 3 rings (SSSR count). The van der Waals surface area contributed by atoms with Crippen LogP contribution in [0.2, 0.25) is 0 Å². The molecule has 1 amide bonds. The molecule has 1 saturated carbocycles. The van der Waals surface area contributed by atoms with Crippen molar-refractivity contribution >= 4 is 5.91 Å². The van der Waals surface area contributed by atoms with Crippen molar-refractivity contribution in [2.45, 2.75) is 63.6 Å². The van der Waals surface area contributed by atoms with Crippen LogP contribution < -0.4 is 11.0 Å². The summed E-state index contributed by atoms with van der Waals surface area (Å²) in [6.45, 7) is 1.10. The van der Waals surface area contributed by atoms with Gasteiger partial charge in [-0.1, -0.05) is 12.8 Å². The number of nitrogens with one attached hydrogen (secondary N) is 1. The van der Waals surface area contributed by atoms with E-state index in [9.17, 15) is 9.59 Å². The Balaban J connectivity index is 1.51. The summed E-state index contributed by atoms with van der Waals surface area (Å²) in [6.07, 6.45) is 7.33. The van der Waals surface area contributed by atoms with Crippen LogP contribution in [0.15, 0.2) is 4.79 Å². The quantitative estimate of drug-likeness (QED) is 0.864. The van der Waals surface area contributed by atoms with Gasteiger partial charge in [0.1, 0.15) is 5.82 Å². The van der Waals surface area contributed by atoms with Crippen molar-refractivity contribution in [2.24, 2.45) is 7.05 Å². The number of nitrogens with zero attached hydrogens (tertiary/aromatic N) is 4. The molecule has 23 heavy (non-hydrogen) atoms. The maximum atomic E-state index is 12.3. The summed E-state index contributed by atoms with van der Waals surface area (Å²) in [5, 5.41) is 7.41. The molecule has 2 heterocycles. The normalized spacial score (nSPS) is 22.1. The fourth-order valence-corrected chi connectivity index (χ4v) is 3.82. The Hall–Kier alpha value is -1.63. The highest BCUT2D eigenvalue weighted by Gasteiger charge is 2.24. The molecule has 0 radical (unpaired) electrons. The molecule has 0 saturated heterocycles. The zero-order valence-corrected chi connectivity index (χ0v) is 14.1. The highest BCUT2D eigenvalue weighted by atomic mass is 16.2. The van der Waals surface area contributed by atoms with Gasteiger partial charge >= 0.3 is 5.69 Å². The average Bonchev–Trinajstić information content (AvgIpc) is 3.08. The van der Waals surface area contributed by atoms with E-state index in [2.05, 4.69) is 15.3 Å². The fraction of sp³-hybridized carbons (Fsp3) is 0.812. The minimum absolute atomic E-state index is 0.0621. The molecule has 0 bridgehead atoms. The van der Waals surface area contributed by atoms with E-state index in [1.807, 2.05) is 7.05 Å². The molecule has 1 aliphatic heterocycles. The Labute approximate surface area is 136 Å². The number of fused-ring (bicyclic) bond motifs is 1. The molecular formula is C16H27N5O2. The highest BCUT2D eigenvalue weighted by molar-refractivity contribution is 5.78. The first-order valence-electron chi connectivity index (χ1n) is 8.67. The molecule has 128 valence electrons. The molecule has 7 nitrogen and oxygen atoms in total. The third-order valence-electron chi connectivity index (χ3n) is 5.21. The predicted molar refractivity (Wildman–Crippen MR) is 87.2 cm³/mol. The van der Waals surface area contributed by atoms with E-state index < -0.39 is 0 Å². The van der Waals surface area contributed by atoms with Crippen molar-refractivity contribution in [1.82, 2.24) is 24.6 Å². The number of rotatable bonds is 4. The largest absolute Gasteiger partial charge is 0.352 e. The van der Waals surface area contributed by atoms with Crippen molar-refractivity contribution < 1.29 is 4.79 Å². The van der Waals surface area contributed by atoms with Crippen LogP contribution in [0.3, 0.4) is 0 Å². The Morgan fingerprint density at radius 1 is 1.30 bits per heavy atom. The van der Waals surface area contributed by atoms with Crippen LogP contribution in [0, 0.1) is 0 Å². The Morgan fingerprint density at radius 3 is 2.78 bits per heavy atom. The number of amides is 1. The van der Waals surface area contributed by atoms with Crippen molar-refractivity contribution in [3.63, 3.8) is 0 Å². The van der Waals surface area contributed by atoms with Gasteiger partial charge in [-0.2, -0.15) is 5.10 Å². The van der Waals surface area contributed by atoms with E-state index in [0.717, 1.165) is 25.1 Å². The number of carbonyl (C=O) groups excluding carboxylic acids is 1. The van der Waals surface area contributed by atoms with Crippen LogP contribution in [0.5, 0.6) is 0 Å². The standard InChI is InChI=1S/C16H27N5O2/c1-19(13-5-3-4-6-13)11-15(22)17-12-7-8-14-18-20(2)16(23)21(14)10-9-12/h12-13H,3-11H2,1-2H3,(H,17,22). The third kappa shape index (κ3) is 3.65. The SMILES string of the molecule is CN(CC(=O)NC1CCc2nn(C)c(=O)n2CC1)C1CCCC1. The molecule has 1 unspecified atom stereocenters. The molecule has 7 heteroatoms. The van der Waals surface area contributed by atoms with Gasteiger partial charge in [0.05, 0.1) is 6.54 Å². The van der Waals surface area contributed by atoms with E-state index in [1.54, 1.807) is 11.6 Å². The number of aromatic nitrogens is 3. The first-order valence-corrected chi connectivity index (χ1v) is 8.67. The lowest BCUT2D eigenvalue weighted by molar-refractivity contribution is -0.123. The van der Waals surface area contributed by atoms with Crippen LogP contribution >= 0.6 is 0 Å². The molecule has 2 aliphatic rings. The summed E-state index contributed by atoms with van der Waals surface area (Å²) in [5.41, 5.74) is -0.0621. The maximum absolute atomic E-state index is 12.3. The van der Waals surface area contributed by atoms with Gasteiger partial charge < -0.3 is 5.32 Å². The minimum Gasteiger partial charge on any atom is -0.352 e. The minimum atomic E-state index is -0.0621. The molecule has 1 aliphatic carbocycles. The molecule has 1 fully saturated rings. The topological polar surface area (TPSA) is 72.2 Å². The number of carbonyl (C=O) groups is 1. The fourth-order valence-electron chi connectivity index (χ4n) is 3.82. The summed E-state index contributed by atoms with van der Waals surface area (Å²) in [5.74, 6) is 0.925. The zero-order chi connectivity index (χ0) is 16.4. The van der Waals surface area contributed by atoms with Crippen LogP contribution in [0.1, 0.15) is 44.3 Å². The summed E-state index contributed by atoms with van der Waals surface area (Å²) in [6, 6.07) is 0.689. The Kier molecular flexibility index (Phi) is 4.84. The number of aryl methyl sites for hydroxylation is 2.